The van der Waals surface area contributed by atoms with Gasteiger partial charge in [-0.2, -0.15) is 0 Å². The highest BCUT2D eigenvalue weighted by Crippen LogP contribution is 2.31. The molecule has 7 nitrogen and oxygen atoms in total. The Balaban J connectivity index is 0.000000288. The number of ether oxygens (including phenoxy) is 1. The number of amides is 1. The van der Waals surface area contributed by atoms with Crippen LogP contribution in [0.1, 0.15) is 74.7 Å². The Kier molecular flexibility index (Phi) is 15.8. The number of carbonyl (C=O) groups excluding carboxylic acids is 3. The number of anilines is 1. The van der Waals surface area contributed by atoms with Crippen LogP contribution in [0.3, 0.4) is 0 Å². The first-order chi connectivity index (χ1) is 18.2. The van der Waals surface area contributed by atoms with Gasteiger partial charge in [-0.1, -0.05) is 43.7 Å². The Morgan fingerprint density at radius 1 is 1.21 bits per heavy atom. The minimum absolute atomic E-state index is 0.163. The van der Waals surface area contributed by atoms with E-state index in [9.17, 15) is 18.8 Å². The largest absolute Gasteiger partial charge is 0.465 e. The van der Waals surface area contributed by atoms with Crippen molar-refractivity contribution >= 4 is 24.4 Å². The van der Waals surface area contributed by atoms with Crippen LogP contribution in [0.5, 0.6) is 0 Å². The van der Waals surface area contributed by atoms with Crippen molar-refractivity contribution in [2.45, 2.75) is 70.9 Å². The summed E-state index contributed by atoms with van der Waals surface area (Å²) >= 11 is 0. The number of benzene rings is 2. The van der Waals surface area contributed by atoms with E-state index in [0.717, 1.165) is 44.0 Å². The molecule has 1 fully saturated rings. The van der Waals surface area contributed by atoms with Gasteiger partial charge in [0.1, 0.15) is 12.1 Å². The molecule has 3 N–H and O–H groups in total. The number of nitrogens with zero attached hydrogens (tertiary/aromatic N) is 1. The third kappa shape index (κ3) is 11.5. The van der Waals surface area contributed by atoms with E-state index in [1.54, 1.807) is 0 Å². The summed E-state index contributed by atoms with van der Waals surface area (Å²) in [5, 5.41) is 2.26. The SMILES string of the molecule is CC1C(c2ccccc2)CCN1C.CCC(C=O)CCCC(C)N.COC(=O)c1ccc(NC=O)cc1F. The Morgan fingerprint density at radius 3 is 2.37 bits per heavy atom. The van der Waals surface area contributed by atoms with E-state index < -0.39 is 11.8 Å². The van der Waals surface area contributed by atoms with Gasteiger partial charge in [0.2, 0.25) is 6.41 Å². The molecule has 1 saturated heterocycles. The average molecular weight is 530 g/mol. The molecule has 0 bridgehead atoms. The van der Waals surface area contributed by atoms with Crippen molar-refractivity contribution < 1.29 is 23.5 Å². The zero-order valence-corrected chi connectivity index (χ0v) is 23.4. The van der Waals surface area contributed by atoms with Gasteiger partial charge in [0.05, 0.1) is 12.7 Å². The van der Waals surface area contributed by atoms with Crippen molar-refractivity contribution in [1.82, 2.24) is 4.90 Å². The van der Waals surface area contributed by atoms with Crippen LogP contribution >= 0.6 is 0 Å². The van der Waals surface area contributed by atoms with E-state index in [-0.39, 0.29) is 23.2 Å². The molecule has 1 aliphatic rings. The first-order valence-corrected chi connectivity index (χ1v) is 13.2. The lowest BCUT2D eigenvalue weighted by Gasteiger charge is -2.20. The van der Waals surface area contributed by atoms with Crippen molar-refractivity contribution in [3.63, 3.8) is 0 Å². The number of nitrogens with one attached hydrogen (secondary N) is 1. The van der Waals surface area contributed by atoms with Gasteiger partial charge in [-0.25, -0.2) is 9.18 Å². The fraction of sp³-hybridized carbons (Fsp3) is 0.500. The lowest BCUT2D eigenvalue weighted by atomic mass is 9.93. The quantitative estimate of drug-likeness (QED) is 0.315. The highest BCUT2D eigenvalue weighted by molar-refractivity contribution is 5.90. The summed E-state index contributed by atoms with van der Waals surface area (Å²) < 4.78 is 17.5. The smallest absolute Gasteiger partial charge is 0.340 e. The predicted molar refractivity (Wildman–Crippen MR) is 151 cm³/mol. The normalized spacial score (nSPS) is 18.1. The van der Waals surface area contributed by atoms with Crippen molar-refractivity contribution in [3.8, 4) is 0 Å². The second-order valence-corrected chi connectivity index (χ2v) is 9.69. The predicted octanol–water partition coefficient (Wildman–Crippen LogP) is 5.40. The van der Waals surface area contributed by atoms with Gasteiger partial charge in [0, 0.05) is 29.6 Å². The molecule has 3 rings (SSSR count). The molecular formula is C30H44FN3O4. The lowest BCUT2D eigenvalue weighted by molar-refractivity contribution is -0.111. The Morgan fingerprint density at radius 2 is 1.89 bits per heavy atom. The first kappa shape index (κ1) is 32.9. The van der Waals surface area contributed by atoms with Crippen LogP contribution in [-0.2, 0) is 14.3 Å². The van der Waals surface area contributed by atoms with Crippen LogP contribution < -0.4 is 11.1 Å². The maximum absolute atomic E-state index is 13.2. The van der Waals surface area contributed by atoms with E-state index in [1.165, 1.54) is 37.8 Å². The molecule has 0 saturated carbocycles. The summed E-state index contributed by atoms with van der Waals surface area (Å²) in [6, 6.07) is 15.5. The first-order valence-electron chi connectivity index (χ1n) is 13.2. The topological polar surface area (TPSA) is 102 Å². The van der Waals surface area contributed by atoms with Gasteiger partial charge >= 0.3 is 5.97 Å². The van der Waals surface area contributed by atoms with Crippen LogP contribution in [0, 0.1) is 11.7 Å². The van der Waals surface area contributed by atoms with E-state index in [1.807, 2.05) is 13.8 Å². The Bertz CT molecular complexity index is 971. The number of methoxy groups -OCH3 is 1. The Hall–Kier alpha value is -3.10. The zero-order valence-electron chi connectivity index (χ0n) is 23.4. The molecule has 1 heterocycles. The highest BCUT2D eigenvalue weighted by Gasteiger charge is 2.28. The molecule has 0 radical (unpaired) electrons. The lowest BCUT2D eigenvalue weighted by Crippen LogP contribution is -2.24. The van der Waals surface area contributed by atoms with E-state index in [2.05, 4.69) is 59.3 Å². The number of hydrogen-bond acceptors (Lipinski definition) is 6. The Labute approximate surface area is 226 Å². The van der Waals surface area contributed by atoms with Crippen LogP contribution in [0.25, 0.3) is 0 Å². The molecule has 0 spiro atoms. The van der Waals surface area contributed by atoms with Gasteiger partial charge < -0.3 is 25.5 Å². The number of likely N-dealkylation sites (tertiary alicyclic amines) is 1. The number of aldehydes is 1. The van der Waals surface area contributed by atoms with Crippen LogP contribution in [0.15, 0.2) is 48.5 Å². The van der Waals surface area contributed by atoms with Crippen molar-refractivity contribution in [2.24, 2.45) is 11.7 Å². The standard InChI is InChI=1S/C12H17N.C9H8FNO3.C9H19NO/c1-10-12(8-9-13(10)2)11-6-4-3-5-7-11;1-14-9(13)7-3-2-6(11-5-12)4-8(7)10;1-3-9(7-11)6-4-5-8(2)10/h3-7,10,12H,8-9H2,1-2H3;2-5H,1H3,(H,11,12);7-9H,3-6,10H2,1-2H3. The number of hydrogen-bond donors (Lipinski definition) is 2. The average Bonchev–Trinajstić information content (AvgIpc) is 3.25. The molecule has 1 amide bonds. The summed E-state index contributed by atoms with van der Waals surface area (Å²) in [5.74, 6) is -0.483. The van der Waals surface area contributed by atoms with Gasteiger partial charge in [-0.3, -0.25) is 4.79 Å². The number of rotatable bonds is 10. The van der Waals surface area contributed by atoms with Crippen LogP contribution in [0.4, 0.5) is 10.1 Å². The molecule has 4 atom stereocenters. The molecule has 2 aromatic rings. The fourth-order valence-electron chi connectivity index (χ4n) is 4.26. The number of nitrogens with two attached hydrogens (primary N) is 1. The van der Waals surface area contributed by atoms with E-state index >= 15 is 0 Å². The second kappa shape index (κ2) is 18.2. The third-order valence-corrected chi connectivity index (χ3v) is 6.85. The summed E-state index contributed by atoms with van der Waals surface area (Å²) in [6.45, 7) is 7.61. The van der Waals surface area contributed by atoms with E-state index in [4.69, 9.17) is 5.73 Å². The molecule has 2 aromatic carbocycles. The minimum atomic E-state index is -0.750. The second-order valence-electron chi connectivity index (χ2n) is 9.69. The summed E-state index contributed by atoms with van der Waals surface area (Å²) in [6.07, 6.45) is 6.86. The number of likely N-dealkylation sites (N-methyl/N-ethyl adjacent to an activating group) is 1. The molecule has 8 heteroatoms. The fourth-order valence-corrected chi connectivity index (χ4v) is 4.26. The van der Waals surface area contributed by atoms with Crippen molar-refractivity contribution in [3.05, 3.63) is 65.5 Å². The van der Waals surface area contributed by atoms with Gasteiger partial charge in [-0.15, -0.1) is 0 Å². The number of halogens is 1. The monoisotopic (exact) mass is 529 g/mol. The van der Waals surface area contributed by atoms with Gasteiger partial charge in [0.25, 0.3) is 0 Å². The molecular weight excluding hydrogens is 485 g/mol. The van der Waals surface area contributed by atoms with Gasteiger partial charge in [0.15, 0.2) is 0 Å². The number of carbonyl (C=O) groups is 3. The third-order valence-electron chi connectivity index (χ3n) is 6.85. The zero-order chi connectivity index (χ0) is 28.5. The minimum Gasteiger partial charge on any atom is -0.465 e. The van der Waals surface area contributed by atoms with Crippen LogP contribution in [-0.4, -0.2) is 56.4 Å². The highest BCUT2D eigenvalue weighted by atomic mass is 19.1. The van der Waals surface area contributed by atoms with Crippen molar-refractivity contribution in [1.29, 1.82) is 0 Å². The molecule has 38 heavy (non-hydrogen) atoms. The van der Waals surface area contributed by atoms with Gasteiger partial charge in [-0.05, 0) is 76.9 Å². The molecule has 210 valence electrons. The maximum Gasteiger partial charge on any atom is 0.340 e. The molecule has 0 aliphatic carbocycles. The summed E-state index contributed by atoms with van der Waals surface area (Å²) in [7, 11) is 3.38. The van der Waals surface area contributed by atoms with E-state index in [0.29, 0.717) is 12.5 Å². The molecule has 0 aromatic heterocycles. The van der Waals surface area contributed by atoms with Crippen LogP contribution in [0.2, 0.25) is 0 Å². The summed E-state index contributed by atoms with van der Waals surface area (Å²) in [5.41, 5.74) is 7.19. The maximum atomic E-state index is 13.2. The molecule has 4 unspecified atom stereocenters. The number of esters is 1. The van der Waals surface area contributed by atoms with Crippen molar-refractivity contribution in [2.75, 3.05) is 26.0 Å². The summed E-state index contributed by atoms with van der Waals surface area (Å²) in [4.78, 5) is 33.8. The molecule has 1 aliphatic heterocycles.